The Labute approximate surface area is 72.0 Å². The third kappa shape index (κ3) is 1.08. The molecule has 2 N–H and O–H groups in total. The number of ether oxygens (including phenoxy) is 1. The van der Waals surface area contributed by atoms with Gasteiger partial charge in [0.1, 0.15) is 0 Å². The molecule has 12 heavy (non-hydrogen) atoms. The molecule has 2 atom stereocenters. The summed E-state index contributed by atoms with van der Waals surface area (Å²) in [5, 5.41) is 0. The molecule has 0 aromatic carbocycles. The van der Waals surface area contributed by atoms with Crippen LogP contribution in [0.15, 0.2) is 0 Å². The maximum absolute atomic E-state index is 11.3. The van der Waals surface area contributed by atoms with E-state index in [0.717, 1.165) is 0 Å². The van der Waals surface area contributed by atoms with Crippen LogP contribution in [0.25, 0.3) is 0 Å². The first kappa shape index (κ1) is 8.47. The molecule has 0 aromatic rings. The Morgan fingerprint density at radius 2 is 2.33 bits per heavy atom. The van der Waals surface area contributed by atoms with Crippen molar-refractivity contribution in [3.05, 3.63) is 0 Å². The second-order valence-corrected chi connectivity index (χ2v) is 5.94. The molecule has 0 spiro atoms. The van der Waals surface area contributed by atoms with Crippen LogP contribution in [0.1, 0.15) is 0 Å². The summed E-state index contributed by atoms with van der Waals surface area (Å²) in [6.07, 6.45) is 0. The maximum Gasteiger partial charge on any atom is 0.151 e. The van der Waals surface area contributed by atoms with E-state index in [9.17, 15) is 8.42 Å². The lowest BCUT2D eigenvalue weighted by atomic mass is 9.81. The molecule has 4 nitrogen and oxygen atoms in total. The molecule has 2 unspecified atom stereocenters. The summed E-state index contributed by atoms with van der Waals surface area (Å²) in [7, 11) is -2.84. The van der Waals surface area contributed by atoms with Crippen LogP contribution in [0.2, 0.25) is 0 Å². The lowest BCUT2D eigenvalue weighted by Gasteiger charge is -2.22. The van der Waals surface area contributed by atoms with Gasteiger partial charge < -0.3 is 10.5 Å². The second-order valence-electron chi connectivity index (χ2n) is 3.83. The lowest BCUT2D eigenvalue weighted by molar-refractivity contribution is 0.163. The minimum absolute atomic E-state index is 0.146. The van der Waals surface area contributed by atoms with Gasteiger partial charge in [-0.15, -0.1) is 0 Å². The quantitative estimate of drug-likeness (QED) is 0.577. The number of nitrogens with two attached hydrogens (primary N) is 1. The highest BCUT2D eigenvalue weighted by Gasteiger charge is 2.52. The summed E-state index contributed by atoms with van der Waals surface area (Å²) in [5.74, 6) is 0.637. The van der Waals surface area contributed by atoms with Crippen molar-refractivity contribution in [1.82, 2.24) is 0 Å². The van der Waals surface area contributed by atoms with Crippen LogP contribution in [0.3, 0.4) is 0 Å². The standard InChI is InChI=1S/C7H13NO3S/c8-3-7-4-11-1-6(7)2-12(9,10)5-7/h6H,1-5,8H2. The number of hydrogen-bond donors (Lipinski definition) is 1. The average Bonchev–Trinajstić information content (AvgIpc) is 2.40. The molecule has 5 heteroatoms. The van der Waals surface area contributed by atoms with Crippen LogP contribution >= 0.6 is 0 Å². The molecule has 2 fully saturated rings. The third-order valence-electron chi connectivity index (χ3n) is 2.94. The topological polar surface area (TPSA) is 69.4 Å². The molecule has 0 saturated carbocycles. The minimum atomic E-state index is -2.84. The predicted molar refractivity (Wildman–Crippen MR) is 44.5 cm³/mol. The fourth-order valence-electron chi connectivity index (χ4n) is 2.17. The van der Waals surface area contributed by atoms with Gasteiger partial charge in [0.15, 0.2) is 9.84 Å². The summed E-state index contributed by atoms with van der Waals surface area (Å²) < 4.78 is 27.8. The largest absolute Gasteiger partial charge is 0.380 e. The van der Waals surface area contributed by atoms with Gasteiger partial charge in [-0.25, -0.2) is 8.42 Å². The van der Waals surface area contributed by atoms with E-state index in [1.807, 2.05) is 0 Å². The van der Waals surface area contributed by atoms with Crippen LogP contribution in [0.4, 0.5) is 0 Å². The van der Waals surface area contributed by atoms with Crippen LogP contribution < -0.4 is 5.73 Å². The Morgan fingerprint density at radius 3 is 2.92 bits per heavy atom. The van der Waals surface area contributed by atoms with Crippen LogP contribution in [-0.2, 0) is 14.6 Å². The molecule has 0 bridgehead atoms. The molecule has 2 heterocycles. The smallest absolute Gasteiger partial charge is 0.151 e. The van der Waals surface area contributed by atoms with Crippen LogP contribution in [-0.4, -0.2) is 39.7 Å². The zero-order valence-electron chi connectivity index (χ0n) is 6.82. The highest BCUT2D eigenvalue weighted by atomic mass is 32.2. The Morgan fingerprint density at radius 1 is 1.58 bits per heavy atom. The molecule has 2 rings (SSSR count). The van der Waals surface area contributed by atoms with Gasteiger partial charge in [-0.05, 0) is 0 Å². The first-order chi connectivity index (χ1) is 5.58. The molecular formula is C7H13NO3S. The van der Waals surface area contributed by atoms with Crippen molar-refractivity contribution < 1.29 is 13.2 Å². The molecule has 0 aliphatic carbocycles. The van der Waals surface area contributed by atoms with Gasteiger partial charge in [0.25, 0.3) is 0 Å². The van der Waals surface area contributed by atoms with E-state index in [1.54, 1.807) is 0 Å². The number of fused-ring (bicyclic) bond motifs is 1. The molecule has 2 aliphatic heterocycles. The van der Waals surface area contributed by atoms with Crippen molar-refractivity contribution in [3.8, 4) is 0 Å². The van der Waals surface area contributed by atoms with Crippen molar-refractivity contribution in [1.29, 1.82) is 0 Å². The van der Waals surface area contributed by atoms with Crippen LogP contribution in [0.5, 0.6) is 0 Å². The van der Waals surface area contributed by atoms with E-state index >= 15 is 0 Å². The Kier molecular flexibility index (Phi) is 1.72. The SMILES string of the molecule is NCC12COCC1CS(=O)(=O)C2. The fourth-order valence-corrected chi connectivity index (χ4v) is 4.66. The summed E-state index contributed by atoms with van der Waals surface area (Å²) in [6.45, 7) is 1.51. The highest BCUT2D eigenvalue weighted by molar-refractivity contribution is 7.91. The molecule has 0 radical (unpaired) electrons. The van der Waals surface area contributed by atoms with Crippen molar-refractivity contribution in [2.45, 2.75) is 0 Å². The van der Waals surface area contributed by atoms with E-state index in [2.05, 4.69) is 0 Å². The zero-order valence-corrected chi connectivity index (χ0v) is 7.64. The van der Waals surface area contributed by atoms with E-state index < -0.39 is 9.84 Å². The van der Waals surface area contributed by atoms with E-state index in [0.29, 0.717) is 19.8 Å². The average molecular weight is 191 g/mol. The van der Waals surface area contributed by atoms with Crippen molar-refractivity contribution in [2.75, 3.05) is 31.3 Å². The molecule has 70 valence electrons. The second kappa shape index (κ2) is 2.43. The molecule has 0 amide bonds. The summed E-state index contributed by atoms with van der Waals surface area (Å²) in [4.78, 5) is 0. The first-order valence-corrected chi connectivity index (χ1v) is 5.88. The van der Waals surface area contributed by atoms with Crippen molar-refractivity contribution in [3.63, 3.8) is 0 Å². The summed E-state index contributed by atoms with van der Waals surface area (Å²) in [6, 6.07) is 0. The van der Waals surface area contributed by atoms with Crippen molar-refractivity contribution >= 4 is 9.84 Å². The van der Waals surface area contributed by atoms with Gasteiger partial charge in [0.05, 0.1) is 24.7 Å². The normalized spacial score (nSPS) is 44.6. The summed E-state index contributed by atoms with van der Waals surface area (Å²) in [5.41, 5.74) is 5.34. The first-order valence-electron chi connectivity index (χ1n) is 4.06. The maximum atomic E-state index is 11.3. The van der Waals surface area contributed by atoms with Gasteiger partial charge in [0.2, 0.25) is 0 Å². The third-order valence-corrected chi connectivity index (χ3v) is 4.87. The van der Waals surface area contributed by atoms with E-state index in [-0.39, 0.29) is 22.8 Å². The van der Waals surface area contributed by atoms with E-state index in [1.165, 1.54) is 0 Å². The Bertz CT molecular complexity index is 287. The minimum Gasteiger partial charge on any atom is -0.380 e. The van der Waals surface area contributed by atoms with Gasteiger partial charge in [-0.2, -0.15) is 0 Å². The van der Waals surface area contributed by atoms with Gasteiger partial charge in [-0.1, -0.05) is 0 Å². The molecule has 0 aromatic heterocycles. The van der Waals surface area contributed by atoms with E-state index in [4.69, 9.17) is 10.5 Å². The van der Waals surface area contributed by atoms with Crippen LogP contribution in [0, 0.1) is 11.3 Å². The number of hydrogen-bond acceptors (Lipinski definition) is 4. The molecular weight excluding hydrogens is 178 g/mol. The highest BCUT2D eigenvalue weighted by Crippen LogP contribution is 2.41. The fraction of sp³-hybridized carbons (Fsp3) is 1.00. The zero-order chi connectivity index (χ0) is 8.82. The van der Waals surface area contributed by atoms with Gasteiger partial charge >= 0.3 is 0 Å². The van der Waals surface area contributed by atoms with Gasteiger partial charge in [-0.3, -0.25) is 0 Å². The van der Waals surface area contributed by atoms with Crippen molar-refractivity contribution in [2.24, 2.45) is 17.1 Å². The number of rotatable bonds is 1. The summed E-state index contributed by atoms with van der Waals surface area (Å²) >= 11 is 0. The van der Waals surface area contributed by atoms with Gasteiger partial charge in [0, 0.05) is 17.9 Å². The Hall–Kier alpha value is -0.130. The predicted octanol–water partition coefficient (Wildman–Crippen LogP) is -0.994. The molecule has 2 saturated heterocycles. The number of sulfone groups is 1. The monoisotopic (exact) mass is 191 g/mol. The lowest BCUT2D eigenvalue weighted by Crippen LogP contribution is -2.37. The Balaban J connectivity index is 2.32. The molecule has 2 aliphatic rings.